The summed E-state index contributed by atoms with van der Waals surface area (Å²) in [5, 5.41) is 13.3. The molecule has 0 saturated carbocycles. The van der Waals surface area contributed by atoms with Crippen LogP contribution in [-0.2, 0) is 4.74 Å². The zero-order chi connectivity index (χ0) is 14.4. The molecular formula is C12H17N3O4. The predicted molar refractivity (Wildman–Crippen MR) is 70.9 cm³/mol. The zero-order valence-electron chi connectivity index (χ0n) is 10.9. The number of amides is 1. The van der Waals surface area contributed by atoms with E-state index in [9.17, 15) is 14.9 Å². The minimum Gasteiger partial charge on any atom is -0.393 e. The lowest BCUT2D eigenvalue weighted by atomic mass is 10.1. The third-order valence-electron chi connectivity index (χ3n) is 2.33. The van der Waals surface area contributed by atoms with Crippen molar-refractivity contribution in [3.8, 4) is 0 Å². The number of nitrogen functional groups attached to an aromatic ring is 1. The molecule has 1 aromatic carbocycles. The summed E-state index contributed by atoms with van der Waals surface area (Å²) in [6.07, 6.45) is 0.0921. The van der Waals surface area contributed by atoms with E-state index in [1.807, 2.05) is 13.8 Å². The van der Waals surface area contributed by atoms with Gasteiger partial charge in [-0.15, -0.1) is 0 Å². The van der Waals surface area contributed by atoms with Crippen molar-refractivity contribution in [2.75, 3.05) is 18.9 Å². The van der Waals surface area contributed by atoms with Crippen molar-refractivity contribution in [2.24, 2.45) is 0 Å². The monoisotopic (exact) mass is 267 g/mol. The number of nitrogens with two attached hydrogens (primary N) is 1. The summed E-state index contributed by atoms with van der Waals surface area (Å²) in [5.41, 5.74) is 5.41. The van der Waals surface area contributed by atoms with E-state index in [4.69, 9.17) is 10.5 Å². The van der Waals surface area contributed by atoms with Gasteiger partial charge < -0.3 is 15.8 Å². The molecule has 0 saturated heterocycles. The number of nitrogens with zero attached hydrogens (tertiary/aromatic N) is 1. The Morgan fingerprint density at radius 1 is 1.53 bits per heavy atom. The van der Waals surface area contributed by atoms with Crippen LogP contribution in [-0.4, -0.2) is 30.1 Å². The van der Waals surface area contributed by atoms with Gasteiger partial charge in [-0.05, 0) is 26.0 Å². The molecule has 0 aliphatic heterocycles. The first kappa shape index (κ1) is 14.9. The molecular weight excluding hydrogens is 250 g/mol. The van der Waals surface area contributed by atoms with Crippen molar-refractivity contribution >= 4 is 17.3 Å². The molecule has 0 unspecified atom stereocenters. The van der Waals surface area contributed by atoms with E-state index in [0.29, 0.717) is 13.2 Å². The predicted octanol–water partition coefficient (Wildman–Crippen LogP) is 1.33. The third kappa shape index (κ3) is 4.55. The second kappa shape index (κ2) is 6.69. The second-order valence-electron chi connectivity index (χ2n) is 4.21. The van der Waals surface area contributed by atoms with E-state index in [0.717, 1.165) is 6.07 Å². The van der Waals surface area contributed by atoms with Gasteiger partial charge in [-0.25, -0.2) is 0 Å². The summed E-state index contributed by atoms with van der Waals surface area (Å²) in [7, 11) is 0. The van der Waals surface area contributed by atoms with Crippen LogP contribution in [0.5, 0.6) is 0 Å². The number of carbonyl (C=O) groups excluding carboxylic acids is 1. The molecule has 1 aromatic rings. The lowest BCUT2D eigenvalue weighted by molar-refractivity contribution is -0.383. The van der Waals surface area contributed by atoms with Crippen molar-refractivity contribution in [3.05, 3.63) is 33.9 Å². The summed E-state index contributed by atoms with van der Waals surface area (Å²) in [4.78, 5) is 21.8. The normalized spacial score (nSPS) is 10.5. The summed E-state index contributed by atoms with van der Waals surface area (Å²) in [6.45, 7) is 4.52. The van der Waals surface area contributed by atoms with Gasteiger partial charge in [0, 0.05) is 18.2 Å². The number of carbonyl (C=O) groups is 1. The van der Waals surface area contributed by atoms with E-state index < -0.39 is 10.8 Å². The Morgan fingerprint density at radius 3 is 2.79 bits per heavy atom. The molecule has 1 amide bonds. The molecule has 7 nitrogen and oxygen atoms in total. The highest BCUT2D eigenvalue weighted by molar-refractivity contribution is 5.95. The number of anilines is 1. The smallest absolute Gasteiger partial charge is 0.292 e. The first-order chi connectivity index (χ1) is 8.91. The van der Waals surface area contributed by atoms with E-state index in [1.54, 1.807) is 0 Å². The van der Waals surface area contributed by atoms with Gasteiger partial charge >= 0.3 is 0 Å². The largest absolute Gasteiger partial charge is 0.393 e. The average molecular weight is 267 g/mol. The molecule has 7 heteroatoms. The lowest BCUT2D eigenvalue weighted by Gasteiger charge is -2.08. The number of hydrogen-bond donors (Lipinski definition) is 2. The Labute approximate surface area is 110 Å². The van der Waals surface area contributed by atoms with E-state index >= 15 is 0 Å². The fourth-order valence-electron chi connectivity index (χ4n) is 1.40. The molecule has 0 atom stereocenters. The van der Waals surface area contributed by atoms with Crippen molar-refractivity contribution in [1.82, 2.24) is 5.32 Å². The van der Waals surface area contributed by atoms with Crippen molar-refractivity contribution in [3.63, 3.8) is 0 Å². The zero-order valence-corrected chi connectivity index (χ0v) is 10.9. The molecule has 1 rings (SSSR count). The summed E-state index contributed by atoms with van der Waals surface area (Å²) >= 11 is 0. The molecule has 0 aliphatic rings. The average Bonchev–Trinajstić information content (AvgIpc) is 2.34. The Balaban J connectivity index is 2.62. The Kier molecular flexibility index (Phi) is 5.25. The maximum atomic E-state index is 11.7. The molecule has 0 radical (unpaired) electrons. The topological polar surface area (TPSA) is 107 Å². The van der Waals surface area contributed by atoms with Crippen LogP contribution in [0.1, 0.15) is 24.2 Å². The molecule has 3 N–H and O–H groups in total. The maximum absolute atomic E-state index is 11.7. The van der Waals surface area contributed by atoms with Crippen LogP contribution in [0.4, 0.5) is 11.4 Å². The highest BCUT2D eigenvalue weighted by Crippen LogP contribution is 2.22. The number of nitro benzene ring substituents is 1. The number of hydrogen-bond acceptors (Lipinski definition) is 5. The summed E-state index contributed by atoms with van der Waals surface area (Å²) < 4.78 is 5.27. The highest BCUT2D eigenvalue weighted by Gasteiger charge is 2.15. The third-order valence-corrected chi connectivity index (χ3v) is 2.33. The highest BCUT2D eigenvalue weighted by atomic mass is 16.6. The molecule has 19 heavy (non-hydrogen) atoms. The summed E-state index contributed by atoms with van der Waals surface area (Å²) in [6, 6.07) is 3.95. The number of benzene rings is 1. The van der Waals surface area contributed by atoms with Gasteiger partial charge in [0.15, 0.2) is 0 Å². The van der Waals surface area contributed by atoms with E-state index in [2.05, 4.69) is 5.32 Å². The van der Waals surface area contributed by atoms with Gasteiger partial charge in [0.05, 0.1) is 17.6 Å². The Bertz CT molecular complexity index is 474. The van der Waals surface area contributed by atoms with Crippen LogP contribution in [0.15, 0.2) is 18.2 Å². The lowest BCUT2D eigenvalue weighted by Crippen LogP contribution is -2.28. The van der Waals surface area contributed by atoms with Crippen molar-refractivity contribution in [2.45, 2.75) is 20.0 Å². The van der Waals surface area contributed by atoms with Crippen LogP contribution < -0.4 is 11.1 Å². The number of nitrogens with one attached hydrogen (secondary N) is 1. The minimum absolute atomic E-state index is 0.0321. The van der Waals surface area contributed by atoms with Gasteiger partial charge in [-0.1, -0.05) is 0 Å². The van der Waals surface area contributed by atoms with E-state index in [1.165, 1.54) is 12.1 Å². The van der Waals surface area contributed by atoms with E-state index in [-0.39, 0.29) is 23.0 Å². The molecule has 0 spiro atoms. The van der Waals surface area contributed by atoms with Crippen LogP contribution >= 0.6 is 0 Å². The number of rotatable bonds is 6. The summed E-state index contributed by atoms with van der Waals surface area (Å²) in [5.74, 6) is -0.393. The number of nitro groups is 1. The van der Waals surface area contributed by atoms with Crippen LogP contribution in [0.3, 0.4) is 0 Å². The minimum atomic E-state index is -0.617. The van der Waals surface area contributed by atoms with Gasteiger partial charge in [-0.2, -0.15) is 0 Å². The van der Waals surface area contributed by atoms with Crippen molar-refractivity contribution in [1.29, 1.82) is 0 Å². The fourth-order valence-corrected chi connectivity index (χ4v) is 1.40. The van der Waals surface area contributed by atoms with Gasteiger partial charge in [0.25, 0.3) is 11.6 Å². The van der Waals surface area contributed by atoms with Crippen LogP contribution in [0, 0.1) is 10.1 Å². The van der Waals surface area contributed by atoms with Crippen LogP contribution in [0.25, 0.3) is 0 Å². The molecule has 0 heterocycles. The fraction of sp³-hybridized carbons (Fsp3) is 0.417. The van der Waals surface area contributed by atoms with Gasteiger partial charge in [0.1, 0.15) is 5.69 Å². The molecule has 0 aromatic heterocycles. The Hall–Kier alpha value is -2.15. The molecule has 0 aliphatic carbocycles. The second-order valence-corrected chi connectivity index (χ2v) is 4.21. The standard InChI is InChI=1S/C12H17N3O4/c1-8(2)19-6-5-14-12(16)9-3-4-10(13)11(7-9)15(17)18/h3-4,7-8H,5-6,13H2,1-2H3,(H,14,16). The number of ether oxygens (including phenoxy) is 1. The maximum Gasteiger partial charge on any atom is 0.292 e. The molecule has 0 fully saturated rings. The first-order valence-electron chi connectivity index (χ1n) is 5.85. The van der Waals surface area contributed by atoms with Gasteiger partial charge in [0.2, 0.25) is 0 Å². The quantitative estimate of drug-likeness (QED) is 0.350. The van der Waals surface area contributed by atoms with Gasteiger partial charge in [-0.3, -0.25) is 14.9 Å². The van der Waals surface area contributed by atoms with Crippen LogP contribution in [0.2, 0.25) is 0 Å². The molecule has 104 valence electrons. The Morgan fingerprint density at radius 2 is 2.21 bits per heavy atom. The SMILES string of the molecule is CC(C)OCCNC(=O)c1ccc(N)c([N+](=O)[O-])c1. The van der Waals surface area contributed by atoms with Crippen molar-refractivity contribution < 1.29 is 14.5 Å². The molecule has 0 bridgehead atoms. The first-order valence-corrected chi connectivity index (χ1v) is 5.85.